The van der Waals surface area contributed by atoms with Crippen LogP contribution in [0.3, 0.4) is 0 Å². The molecule has 0 unspecified atom stereocenters. The number of hydrogen-bond acceptors (Lipinski definition) is 1. The minimum absolute atomic E-state index is 0.156. The van der Waals surface area contributed by atoms with Crippen LogP contribution in [0.4, 0.5) is 18.9 Å². The molecular weight excluding hydrogens is 1010 g/mol. The van der Waals surface area contributed by atoms with E-state index in [9.17, 15) is 5.26 Å². The molecule has 0 atom stereocenters. The van der Waals surface area contributed by atoms with E-state index in [1.807, 2.05) is 9.13 Å². The fourth-order valence-corrected chi connectivity index (χ4v) is 14.1. The first-order valence-electron chi connectivity index (χ1n) is 27.8. The fourth-order valence-electron chi connectivity index (χ4n) is 14.1. The Balaban J connectivity index is 1.22. The first kappa shape index (κ1) is 53.2. The van der Waals surface area contributed by atoms with Crippen molar-refractivity contribution in [3.05, 3.63) is 241 Å². The van der Waals surface area contributed by atoms with Crippen molar-refractivity contribution in [1.29, 1.82) is 5.26 Å². The van der Waals surface area contributed by atoms with Gasteiger partial charge in [-0.15, -0.1) is 0 Å². The highest BCUT2D eigenvalue weighted by Crippen LogP contribution is 2.49. The van der Waals surface area contributed by atoms with Gasteiger partial charge in [0.15, 0.2) is 5.69 Å². The normalized spacial score (nSPS) is 11.8. The lowest BCUT2D eigenvalue weighted by Gasteiger charge is -2.22. The van der Waals surface area contributed by atoms with Gasteiger partial charge in [0.2, 0.25) is 0 Å². The standard InChI is InChI=1S/C75H61F3N4/c1-40-25-44(5)70(45(6)26-40)52-17-21-64-57(33-52)58-34-53(71-46(7)27-41(2)28-47(71)8)18-22-65(58)81(64)68-38-61(74-62(75(76,77)78)15-14-16-63(74)80-13)69(37-56(68)39-79)82-66-23-19-54(72-48(9)29-42(3)30-49(72)10)35-59(66)60-36-55(20-24-67(60)82)73-50(11)31-43(4)32-51(73)12/h14-38H,1-12H3. The van der Waals surface area contributed by atoms with Crippen molar-refractivity contribution in [1.82, 2.24) is 9.13 Å². The molecular formula is C75H61F3N4. The Morgan fingerprint density at radius 3 is 1.00 bits per heavy atom. The molecule has 82 heavy (non-hydrogen) atoms. The fraction of sp³-hybridized carbons (Fsp3) is 0.173. The number of nitrogens with zero attached hydrogens (tertiary/aromatic N) is 4. The molecule has 2 heterocycles. The van der Waals surface area contributed by atoms with Crippen molar-refractivity contribution in [2.45, 2.75) is 89.3 Å². The van der Waals surface area contributed by atoms with Gasteiger partial charge in [-0.25, -0.2) is 4.85 Å². The Morgan fingerprint density at radius 1 is 0.390 bits per heavy atom. The molecule has 12 rings (SSSR count). The van der Waals surface area contributed by atoms with Gasteiger partial charge in [-0.3, -0.25) is 0 Å². The summed E-state index contributed by atoms with van der Waals surface area (Å²) in [4.78, 5) is 3.82. The highest BCUT2D eigenvalue weighted by atomic mass is 19.4. The van der Waals surface area contributed by atoms with E-state index in [4.69, 9.17) is 6.57 Å². The molecule has 2 aromatic heterocycles. The zero-order chi connectivity index (χ0) is 58.0. The summed E-state index contributed by atoms with van der Waals surface area (Å²) in [5.41, 5.74) is 25.2. The van der Waals surface area contributed by atoms with E-state index >= 15 is 13.2 Å². The van der Waals surface area contributed by atoms with Gasteiger partial charge in [-0.05, 0) is 238 Å². The molecule has 402 valence electrons. The molecule has 0 aliphatic carbocycles. The Kier molecular flexibility index (Phi) is 12.8. The summed E-state index contributed by atoms with van der Waals surface area (Å²) >= 11 is 0. The SMILES string of the molecule is [C-]#[N+]c1cccc(C(F)(F)F)c1-c1cc(-n2c3ccc(-c4c(C)cc(C)cc4C)cc3c3cc(-c4c(C)cc(C)cc4C)ccc32)c(C#N)cc1-n1c2ccc(-c3c(C)cc(C)cc3C)cc2c2cc(-c3c(C)cc(C)cc3C)ccc21. The first-order valence-corrected chi connectivity index (χ1v) is 27.8. The molecule has 0 aliphatic rings. The van der Waals surface area contributed by atoms with Crippen LogP contribution in [0, 0.1) is 101 Å². The maximum Gasteiger partial charge on any atom is 0.415 e. The summed E-state index contributed by atoms with van der Waals surface area (Å²) in [6, 6.07) is 52.9. The van der Waals surface area contributed by atoms with Crippen molar-refractivity contribution >= 4 is 49.3 Å². The number of fused-ring (bicyclic) bond motifs is 6. The van der Waals surface area contributed by atoms with Gasteiger partial charge in [-0.1, -0.05) is 113 Å². The summed E-state index contributed by atoms with van der Waals surface area (Å²) in [6.07, 6.45) is -4.85. The number of hydrogen-bond donors (Lipinski definition) is 0. The van der Waals surface area contributed by atoms with E-state index in [0.29, 0.717) is 11.4 Å². The van der Waals surface area contributed by atoms with Crippen LogP contribution in [0.5, 0.6) is 0 Å². The molecule has 7 heteroatoms. The minimum Gasteiger partial charge on any atom is -0.309 e. The topological polar surface area (TPSA) is 38.0 Å². The second-order valence-electron chi connectivity index (χ2n) is 23.0. The van der Waals surface area contributed by atoms with Crippen LogP contribution in [-0.2, 0) is 6.18 Å². The Morgan fingerprint density at radius 2 is 0.707 bits per heavy atom. The largest absolute Gasteiger partial charge is 0.415 e. The number of nitriles is 1. The molecule has 4 nitrogen and oxygen atoms in total. The van der Waals surface area contributed by atoms with Crippen LogP contribution >= 0.6 is 0 Å². The molecule has 0 N–H and O–H groups in total. The maximum absolute atomic E-state index is 15.9. The maximum atomic E-state index is 15.9. The molecule has 0 radical (unpaired) electrons. The molecule has 0 saturated heterocycles. The zero-order valence-corrected chi connectivity index (χ0v) is 48.4. The summed E-state index contributed by atoms with van der Waals surface area (Å²) in [5, 5.41) is 15.3. The predicted molar refractivity (Wildman–Crippen MR) is 335 cm³/mol. The summed E-state index contributed by atoms with van der Waals surface area (Å²) in [7, 11) is 0. The lowest BCUT2D eigenvalue weighted by atomic mass is 9.91. The lowest BCUT2D eigenvalue weighted by molar-refractivity contribution is -0.137. The zero-order valence-electron chi connectivity index (χ0n) is 48.4. The van der Waals surface area contributed by atoms with Gasteiger partial charge in [0.1, 0.15) is 6.07 Å². The van der Waals surface area contributed by atoms with Gasteiger partial charge in [0.25, 0.3) is 0 Å². The minimum atomic E-state index is -4.85. The number of rotatable bonds is 7. The van der Waals surface area contributed by atoms with Gasteiger partial charge >= 0.3 is 6.18 Å². The van der Waals surface area contributed by atoms with Crippen LogP contribution < -0.4 is 0 Å². The second-order valence-corrected chi connectivity index (χ2v) is 23.0. The number of aryl methyl sites for hydroxylation is 12. The third kappa shape index (κ3) is 8.66. The molecule has 0 bridgehead atoms. The van der Waals surface area contributed by atoms with Crippen LogP contribution in [0.15, 0.2) is 152 Å². The average molecular weight is 1080 g/mol. The van der Waals surface area contributed by atoms with E-state index in [2.05, 4.69) is 215 Å². The van der Waals surface area contributed by atoms with Crippen LogP contribution in [0.25, 0.3) is 115 Å². The molecule has 12 aromatic rings. The van der Waals surface area contributed by atoms with Crippen molar-refractivity contribution in [3.8, 4) is 73.1 Å². The second kappa shape index (κ2) is 19.7. The number of benzene rings is 10. The van der Waals surface area contributed by atoms with Crippen LogP contribution in [0.1, 0.15) is 77.9 Å². The quantitative estimate of drug-likeness (QED) is 0.147. The van der Waals surface area contributed by atoms with Crippen LogP contribution in [-0.4, -0.2) is 9.13 Å². The number of alkyl halides is 3. The molecule has 0 saturated carbocycles. The van der Waals surface area contributed by atoms with Crippen LogP contribution in [0.2, 0.25) is 0 Å². The smallest absolute Gasteiger partial charge is 0.309 e. The molecule has 10 aromatic carbocycles. The van der Waals surface area contributed by atoms with Crippen molar-refractivity contribution in [3.63, 3.8) is 0 Å². The van der Waals surface area contributed by atoms with Crippen molar-refractivity contribution < 1.29 is 13.2 Å². The highest BCUT2D eigenvalue weighted by Gasteiger charge is 2.36. The van der Waals surface area contributed by atoms with E-state index in [1.54, 1.807) is 12.1 Å². The van der Waals surface area contributed by atoms with Gasteiger partial charge < -0.3 is 9.13 Å². The Hall–Kier alpha value is -9.43. The number of aromatic nitrogens is 2. The highest BCUT2D eigenvalue weighted by molar-refractivity contribution is 6.14. The first-order chi connectivity index (χ1) is 39.1. The summed E-state index contributed by atoms with van der Waals surface area (Å²) in [6.45, 7) is 33.9. The summed E-state index contributed by atoms with van der Waals surface area (Å²) in [5.74, 6) is 0. The third-order valence-corrected chi connectivity index (χ3v) is 16.8. The number of halogens is 3. The van der Waals surface area contributed by atoms with E-state index in [0.717, 1.165) is 139 Å². The van der Waals surface area contributed by atoms with E-state index in [-0.39, 0.29) is 22.4 Å². The van der Waals surface area contributed by atoms with Gasteiger partial charge in [0.05, 0.1) is 51.1 Å². The van der Waals surface area contributed by atoms with Crippen molar-refractivity contribution in [2.75, 3.05) is 0 Å². The Labute approximate surface area is 477 Å². The molecule has 0 fully saturated rings. The third-order valence-electron chi connectivity index (χ3n) is 16.8. The van der Waals surface area contributed by atoms with E-state index < -0.39 is 11.7 Å². The van der Waals surface area contributed by atoms with Gasteiger partial charge in [-0.2, -0.15) is 18.4 Å². The monoisotopic (exact) mass is 1070 g/mol. The van der Waals surface area contributed by atoms with Gasteiger partial charge in [0, 0.05) is 27.1 Å². The van der Waals surface area contributed by atoms with Crippen molar-refractivity contribution in [2.24, 2.45) is 0 Å². The summed E-state index contributed by atoms with van der Waals surface area (Å²) < 4.78 is 51.7. The van der Waals surface area contributed by atoms with E-state index in [1.165, 1.54) is 34.4 Å². The predicted octanol–water partition coefficient (Wildman–Crippen LogP) is 21.4. The molecule has 0 amide bonds. The molecule has 0 aliphatic heterocycles. The lowest BCUT2D eigenvalue weighted by Crippen LogP contribution is -2.10. The molecule has 0 spiro atoms. The Bertz CT molecular complexity index is 4510. The average Bonchev–Trinajstić information content (AvgIpc) is 4.12.